The number of anilines is 1. The number of oxazole rings is 1. The van der Waals surface area contributed by atoms with Crippen molar-refractivity contribution < 1.29 is 9.21 Å². The molecule has 0 radical (unpaired) electrons. The quantitative estimate of drug-likeness (QED) is 0.760. The molecule has 0 saturated carbocycles. The van der Waals surface area contributed by atoms with Gasteiger partial charge in [-0.15, -0.1) is 0 Å². The molecule has 1 amide bonds. The molecule has 2 heterocycles. The Labute approximate surface area is 124 Å². The minimum absolute atomic E-state index is 0.172. The van der Waals surface area contributed by atoms with Crippen LogP contribution in [0, 0.1) is 0 Å². The summed E-state index contributed by atoms with van der Waals surface area (Å²) in [6.07, 6.45) is 0. The van der Waals surface area contributed by atoms with Gasteiger partial charge in [0.15, 0.2) is 5.58 Å². The first-order chi connectivity index (χ1) is 10.2. The van der Waals surface area contributed by atoms with E-state index in [1.165, 1.54) is 11.8 Å². The van der Waals surface area contributed by atoms with Gasteiger partial charge < -0.3 is 15.5 Å². The molecule has 1 atom stereocenters. The Kier molecular flexibility index (Phi) is 2.73. The molecule has 0 saturated heterocycles. The Hall–Kier alpha value is -2.31. The number of aromatic nitrogens is 1. The molecule has 3 N–H and O–H groups in total. The number of nitrogens with zero attached hydrogens (tertiary/aromatic N) is 1. The number of nitrogens with two attached hydrogens (primary N) is 1. The number of nitrogens with one attached hydrogen (secondary N) is 1. The van der Waals surface area contributed by atoms with Gasteiger partial charge in [-0.05, 0) is 36.0 Å². The fourth-order valence-corrected chi connectivity index (χ4v) is 3.12. The molecule has 1 aliphatic heterocycles. The van der Waals surface area contributed by atoms with Crippen molar-refractivity contribution in [2.24, 2.45) is 5.73 Å². The lowest BCUT2D eigenvalue weighted by Crippen LogP contribution is -2.19. The standard InChI is InChI=1S/C15H11N3O2S/c16-13-9-6-5-8(7-11(9)17-14(13)19)21-15-18-10-3-1-2-4-12(10)20-15/h1-7,13H,16H2,(H,17,19). The number of hydrogen-bond donors (Lipinski definition) is 2. The van der Waals surface area contributed by atoms with E-state index in [-0.39, 0.29) is 5.91 Å². The molecule has 104 valence electrons. The number of fused-ring (bicyclic) bond motifs is 2. The molecule has 1 aromatic heterocycles. The molecule has 0 bridgehead atoms. The summed E-state index contributed by atoms with van der Waals surface area (Å²) in [5.41, 5.74) is 8.96. The molecule has 2 aromatic carbocycles. The predicted molar refractivity (Wildman–Crippen MR) is 80.1 cm³/mol. The smallest absolute Gasteiger partial charge is 0.261 e. The Balaban J connectivity index is 1.66. The van der Waals surface area contributed by atoms with E-state index in [9.17, 15) is 4.79 Å². The van der Waals surface area contributed by atoms with Gasteiger partial charge in [-0.1, -0.05) is 18.2 Å². The largest absolute Gasteiger partial charge is 0.431 e. The van der Waals surface area contributed by atoms with Gasteiger partial charge in [-0.2, -0.15) is 0 Å². The minimum Gasteiger partial charge on any atom is -0.431 e. The third-order valence-electron chi connectivity index (χ3n) is 3.38. The fourth-order valence-electron chi connectivity index (χ4n) is 2.33. The van der Waals surface area contributed by atoms with Gasteiger partial charge >= 0.3 is 0 Å². The molecule has 5 nitrogen and oxygen atoms in total. The molecule has 0 fully saturated rings. The average Bonchev–Trinajstić information content (AvgIpc) is 3.00. The molecule has 0 aliphatic carbocycles. The summed E-state index contributed by atoms with van der Waals surface area (Å²) in [5.74, 6) is -0.172. The SMILES string of the molecule is NC1C(=O)Nc2cc(Sc3nc4ccccc4o3)ccc21. The van der Waals surface area contributed by atoms with Gasteiger partial charge in [0.25, 0.3) is 5.22 Å². The maximum absolute atomic E-state index is 11.5. The first-order valence-electron chi connectivity index (χ1n) is 6.44. The van der Waals surface area contributed by atoms with E-state index in [1.807, 2.05) is 42.5 Å². The highest BCUT2D eigenvalue weighted by Gasteiger charge is 2.27. The number of benzene rings is 2. The van der Waals surface area contributed by atoms with Crippen molar-refractivity contribution in [3.63, 3.8) is 0 Å². The van der Waals surface area contributed by atoms with Gasteiger partial charge in [0.05, 0.1) is 0 Å². The van der Waals surface area contributed by atoms with Crippen molar-refractivity contribution in [2.75, 3.05) is 5.32 Å². The minimum atomic E-state index is -0.580. The van der Waals surface area contributed by atoms with Crippen LogP contribution >= 0.6 is 11.8 Å². The normalized spacial score (nSPS) is 17.0. The molecule has 4 rings (SSSR count). The van der Waals surface area contributed by atoms with E-state index in [4.69, 9.17) is 10.2 Å². The van der Waals surface area contributed by atoms with Crippen LogP contribution in [-0.4, -0.2) is 10.9 Å². The molecule has 0 spiro atoms. The lowest BCUT2D eigenvalue weighted by molar-refractivity contribution is -0.116. The van der Waals surface area contributed by atoms with Crippen LogP contribution in [0.15, 0.2) is 57.0 Å². The van der Waals surface area contributed by atoms with Gasteiger partial charge in [0.1, 0.15) is 11.6 Å². The van der Waals surface area contributed by atoms with Crippen LogP contribution in [0.25, 0.3) is 11.1 Å². The Bertz CT molecular complexity index is 826. The Morgan fingerprint density at radius 3 is 2.95 bits per heavy atom. The van der Waals surface area contributed by atoms with Gasteiger partial charge in [-0.3, -0.25) is 4.79 Å². The average molecular weight is 297 g/mol. The second-order valence-electron chi connectivity index (χ2n) is 4.77. The van der Waals surface area contributed by atoms with Gasteiger partial charge in [0.2, 0.25) is 5.91 Å². The van der Waals surface area contributed by atoms with Crippen molar-refractivity contribution in [3.05, 3.63) is 48.0 Å². The lowest BCUT2D eigenvalue weighted by Gasteiger charge is -2.03. The molecule has 3 aromatic rings. The van der Waals surface area contributed by atoms with Gasteiger partial charge in [-0.25, -0.2) is 4.98 Å². The zero-order chi connectivity index (χ0) is 14.4. The van der Waals surface area contributed by atoms with E-state index in [1.54, 1.807) is 0 Å². The van der Waals surface area contributed by atoms with Crippen LogP contribution in [0.1, 0.15) is 11.6 Å². The summed E-state index contributed by atoms with van der Waals surface area (Å²) in [6.45, 7) is 0. The van der Waals surface area contributed by atoms with E-state index in [2.05, 4.69) is 10.3 Å². The lowest BCUT2D eigenvalue weighted by atomic mass is 10.1. The maximum Gasteiger partial charge on any atom is 0.261 e. The summed E-state index contributed by atoms with van der Waals surface area (Å²) in [6, 6.07) is 12.7. The second kappa shape index (κ2) is 4.61. The second-order valence-corrected chi connectivity index (χ2v) is 5.79. The zero-order valence-electron chi connectivity index (χ0n) is 10.9. The summed E-state index contributed by atoms with van der Waals surface area (Å²) >= 11 is 1.41. The van der Waals surface area contributed by atoms with E-state index >= 15 is 0 Å². The van der Waals surface area contributed by atoms with Crippen LogP contribution in [-0.2, 0) is 4.79 Å². The van der Waals surface area contributed by atoms with Crippen molar-refractivity contribution in [1.29, 1.82) is 0 Å². The fraction of sp³-hybridized carbons (Fsp3) is 0.0667. The van der Waals surface area contributed by atoms with Crippen LogP contribution in [0.4, 0.5) is 5.69 Å². The molecule has 21 heavy (non-hydrogen) atoms. The number of amides is 1. The summed E-state index contributed by atoms with van der Waals surface area (Å²) in [7, 11) is 0. The highest BCUT2D eigenvalue weighted by Crippen LogP contribution is 2.36. The van der Waals surface area contributed by atoms with Crippen LogP contribution in [0.2, 0.25) is 0 Å². The summed E-state index contributed by atoms with van der Waals surface area (Å²) in [5, 5.41) is 3.35. The first-order valence-corrected chi connectivity index (χ1v) is 7.26. The monoisotopic (exact) mass is 297 g/mol. The highest BCUT2D eigenvalue weighted by atomic mass is 32.2. The Morgan fingerprint density at radius 1 is 1.24 bits per heavy atom. The molecule has 1 aliphatic rings. The first kappa shape index (κ1) is 12.4. The molecular weight excluding hydrogens is 286 g/mol. The van der Waals surface area contributed by atoms with Crippen molar-refractivity contribution >= 4 is 34.5 Å². The number of hydrogen-bond acceptors (Lipinski definition) is 5. The van der Waals surface area contributed by atoms with Crippen molar-refractivity contribution in [3.8, 4) is 0 Å². The third kappa shape index (κ3) is 2.09. The van der Waals surface area contributed by atoms with Gasteiger partial charge in [0, 0.05) is 16.1 Å². The van der Waals surface area contributed by atoms with Crippen molar-refractivity contribution in [1.82, 2.24) is 4.98 Å². The van der Waals surface area contributed by atoms with Crippen molar-refractivity contribution in [2.45, 2.75) is 16.2 Å². The molecule has 1 unspecified atom stereocenters. The summed E-state index contributed by atoms with van der Waals surface area (Å²) in [4.78, 5) is 16.9. The van der Waals surface area contributed by atoms with E-state index in [0.717, 1.165) is 27.2 Å². The van der Waals surface area contributed by atoms with Crippen LogP contribution in [0.5, 0.6) is 0 Å². The van der Waals surface area contributed by atoms with Crippen LogP contribution < -0.4 is 11.1 Å². The number of carbonyl (C=O) groups excluding carboxylic acids is 1. The van der Waals surface area contributed by atoms with E-state index in [0.29, 0.717) is 5.22 Å². The number of para-hydroxylation sites is 2. The summed E-state index contributed by atoms with van der Waals surface area (Å²) < 4.78 is 5.67. The topological polar surface area (TPSA) is 81.2 Å². The Morgan fingerprint density at radius 2 is 2.10 bits per heavy atom. The number of carbonyl (C=O) groups is 1. The molecular formula is C15H11N3O2S. The predicted octanol–water partition coefficient (Wildman–Crippen LogP) is 2.93. The third-order valence-corrected chi connectivity index (χ3v) is 4.22. The van der Waals surface area contributed by atoms with E-state index < -0.39 is 6.04 Å². The number of rotatable bonds is 2. The maximum atomic E-state index is 11.5. The van der Waals surface area contributed by atoms with Crippen LogP contribution in [0.3, 0.4) is 0 Å². The highest BCUT2D eigenvalue weighted by molar-refractivity contribution is 7.99. The zero-order valence-corrected chi connectivity index (χ0v) is 11.7. The molecule has 6 heteroatoms.